The molecule has 0 amide bonds. The van der Waals surface area contributed by atoms with Gasteiger partial charge in [0.25, 0.3) is 12.0 Å². The first-order chi connectivity index (χ1) is 20.5. The predicted molar refractivity (Wildman–Crippen MR) is 150 cm³/mol. The van der Waals surface area contributed by atoms with Crippen LogP contribution in [0, 0.1) is 0 Å². The van der Waals surface area contributed by atoms with E-state index in [1.807, 2.05) is 0 Å². The van der Waals surface area contributed by atoms with Crippen molar-refractivity contribution in [3.05, 3.63) is 65.2 Å². The highest BCUT2D eigenvalue weighted by atomic mass is 32.5. The molecule has 4 aromatic rings. The SMILES string of the molecule is COc1ccc(OP(=S)(OC[C@@]2(C(F)F)O[C@@H](n3cnc4c(=O)[nH]c(N)nc43)[C@H](F)[C@H]2O)Oc2ccc(OC)cc2)cc1. The smallest absolute Gasteiger partial charge is 0.435 e. The van der Waals surface area contributed by atoms with Crippen LogP contribution in [0.15, 0.2) is 59.7 Å². The minimum absolute atomic E-state index is 0.150. The molecule has 0 spiro atoms. The van der Waals surface area contributed by atoms with Gasteiger partial charge in [0.1, 0.15) is 29.1 Å². The summed E-state index contributed by atoms with van der Waals surface area (Å²) in [4.78, 5) is 22.1. The number of aromatic amines is 1. The molecule has 13 nitrogen and oxygen atoms in total. The van der Waals surface area contributed by atoms with Gasteiger partial charge in [0.2, 0.25) is 5.95 Å². The number of hydrogen-bond acceptors (Lipinski definition) is 12. The zero-order chi connectivity index (χ0) is 30.9. The summed E-state index contributed by atoms with van der Waals surface area (Å²) < 4.78 is 78.9. The molecule has 4 N–H and O–H groups in total. The van der Waals surface area contributed by atoms with Crippen molar-refractivity contribution in [1.29, 1.82) is 0 Å². The number of nitrogens with one attached hydrogen (secondary N) is 1. The van der Waals surface area contributed by atoms with Crippen molar-refractivity contribution >= 4 is 35.6 Å². The monoisotopic (exact) mass is 643 g/mol. The highest BCUT2D eigenvalue weighted by Crippen LogP contribution is 2.53. The van der Waals surface area contributed by atoms with Crippen LogP contribution in [-0.4, -0.2) is 69.8 Å². The fraction of sp³-hybridized carbons (Fsp3) is 0.320. The average Bonchev–Trinajstić information content (AvgIpc) is 3.52. The number of H-pyrrole nitrogens is 1. The Balaban J connectivity index is 1.46. The van der Waals surface area contributed by atoms with Gasteiger partial charge in [-0.1, -0.05) is 0 Å². The first-order valence-electron chi connectivity index (χ1n) is 12.4. The predicted octanol–water partition coefficient (Wildman–Crippen LogP) is 3.35. The van der Waals surface area contributed by atoms with Crippen molar-refractivity contribution in [2.45, 2.75) is 30.5 Å². The van der Waals surface area contributed by atoms with Gasteiger partial charge < -0.3 is 34.1 Å². The molecule has 0 aliphatic carbocycles. The van der Waals surface area contributed by atoms with Crippen LogP contribution in [-0.2, 0) is 21.1 Å². The van der Waals surface area contributed by atoms with Gasteiger partial charge in [-0.05, 0) is 48.5 Å². The number of fused-ring (bicyclic) bond motifs is 1. The van der Waals surface area contributed by atoms with E-state index in [0.717, 1.165) is 10.9 Å². The first-order valence-corrected chi connectivity index (χ1v) is 15.0. The summed E-state index contributed by atoms with van der Waals surface area (Å²) in [6.07, 6.45) is -9.30. The van der Waals surface area contributed by atoms with Gasteiger partial charge in [-0.25, -0.2) is 18.2 Å². The summed E-state index contributed by atoms with van der Waals surface area (Å²) in [6, 6.07) is 12.2. The molecule has 1 aliphatic rings. The Labute approximate surface area is 246 Å². The van der Waals surface area contributed by atoms with E-state index in [4.69, 9.17) is 45.3 Å². The van der Waals surface area contributed by atoms with Crippen LogP contribution >= 0.6 is 6.72 Å². The second-order valence-electron chi connectivity index (χ2n) is 9.18. The Morgan fingerprint density at radius 2 is 1.63 bits per heavy atom. The Kier molecular flexibility index (Phi) is 8.54. The van der Waals surface area contributed by atoms with Crippen molar-refractivity contribution in [3.63, 3.8) is 0 Å². The lowest BCUT2D eigenvalue weighted by Crippen LogP contribution is -2.52. The Morgan fingerprint density at radius 1 is 1.09 bits per heavy atom. The van der Waals surface area contributed by atoms with Gasteiger partial charge in [0.05, 0.1) is 27.2 Å². The van der Waals surface area contributed by atoms with Crippen molar-refractivity contribution in [1.82, 2.24) is 19.5 Å². The average molecular weight is 644 g/mol. The fourth-order valence-electron chi connectivity index (χ4n) is 4.27. The summed E-state index contributed by atoms with van der Waals surface area (Å²) in [6.45, 7) is -5.17. The minimum Gasteiger partial charge on any atom is -0.497 e. The number of nitrogen functional groups attached to an aromatic ring is 1. The number of methoxy groups -OCH3 is 2. The van der Waals surface area contributed by atoms with E-state index in [2.05, 4.69) is 15.0 Å². The third-order valence-electron chi connectivity index (χ3n) is 6.51. The fourth-order valence-corrected chi connectivity index (χ4v) is 6.21. The standard InChI is InChI=1S/C25H25F3N5O8PS/c1-36-13-3-7-15(8-4-13)40-42(43,41-16-9-5-14(37-2)6-10-16)38-11-25(23(27)28)19(34)17(26)22(39-25)33-12-30-18-20(33)31-24(29)32-21(18)35/h3-10,12,17,19,22-23,34H,11H2,1-2H3,(H3,29,31,32,35)/t17-,19-,22-,25-/m1/s1. The van der Waals surface area contributed by atoms with Crippen LogP contribution in [0.2, 0.25) is 0 Å². The molecule has 18 heteroatoms. The number of nitrogens with zero attached hydrogens (tertiary/aromatic N) is 3. The van der Waals surface area contributed by atoms with Gasteiger partial charge >= 0.3 is 6.72 Å². The van der Waals surface area contributed by atoms with Gasteiger partial charge in [0.15, 0.2) is 29.2 Å². The topological polar surface area (TPSA) is 165 Å². The van der Waals surface area contributed by atoms with Gasteiger partial charge in [-0.3, -0.25) is 18.9 Å². The molecule has 0 unspecified atom stereocenters. The number of benzene rings is 2. The maximum absolute atomic E-state index is 15.5. The maximum Gasteiger partial charge on any atom is 0.435 e. The summed E-state index contributed by atoms with van der Waals surface area (Å²) >= 11 is 5.56. The lowest BCUT2D eigenvalue weighted by molar-refractivity contribution is -0.191. The summed E-state index contributed by atoms with van der Waals surface area (Å²) in [5.41, 5.74) is 1.39. The largest absolute Gasteiger partial charge is 0.497 e. The van der Waals surface area contributed by atoms with Crippen LogP contribution in [0.4, 0.5) is 19.1 Å². The van der Waals surface area contributed by atoms with Crippen LogP contribution in [0.3, 0.4) is 0 Å². The number of nitrogens with two attached hydrogens (primary N) is 1. The Hall–Kier alpha value is -3.89. The van der Waals surface area contributed by atoms with E-state index in [0.29, 0.717) is 11.5 Å². The number of halogens is 3. The maximum atomic E-state index is 15.5. The zero-order valence-corrected chi connectivity index (χ0v) is 24.1. The summed E-state index contributed by atoms with van der Waals surface area (Å²) in [5.74, 6) is 0.973. The third-order valence-corrected chi connectivity index (χ3v) is 8.59. The van der Waals surface area contributed by atoms with E-state index >= 15 is 4.39 Å². The number of alkyl halides is 3. The van der Waals surface area contributed by atoms with Crippen LogP contribution in [0.25, 0.3) is 11.2 Å². The molecule has 43 heavy (non-hydrogen) atoms. The number of anilines is 1. The second kappa shape index (κ2) is 12.0. The molecule has 0 radical (unpaired) electrons. The van der Waals surface area contributed by atoms with Crippen molar-refractivity contribution < 1.29 is 46.1 Å². The Bertz CT molecular complexity index is 1640. The normalized spacial score (nSPS) is 22.2. The van der Waals surface area contributed by atoms with Crippen LogP contribution < -0.4 is 29.8 Å². The molecule has 3 heterocycles. The molecule has 1 fully saturated rings. The molecule has 1 saturated heterocycles. The van der Waals surface area contributed by atoms with Gasteiger partial charge in [-0.2, -0.15) is 4.98 Å². The lowest BCUT2D eigenvalue weighted by Gasteiger charge is -2.32. The van der Waals surface area contributed by atoms with Gasteiger partial charge in [-0.15, -0.1) is 0 Å². The molecule has 0 saturated carbocycles. The first kappa shape index (κ1) is 30.6. The zero-order valence-electron chi connectivity index (χ0n) is 22.4. The number of rotatable bonds is 11. The highest BCUT2D eigenvalue weighted by Gasteiger charge is 2.62. The quantitative estimate of drug-likeness (QED) is 0.205. The Morgan fingerprint density at radius 3 is 2.14 bits per heavy atom. The highest BCUT2D eigenvalue weighted by molar-refractivity contribution is 8.07. The number of aliphatic hydroxyl groups excluding tert-OH is 1. The lowest BCUT2D eigenvalue weighted by atomic mass is 9.97. The molecule has 5 rings (SSSR count). The number of aromatic nitrogens is 4. The second-order valence-corrected chi connectivity index (χ2v) is 12.0. The van der Waals surface area contributed by atoms with E-state index < -0.39 is 49.4 Å². The number of aliphatic hydroxyl groups is 1. The minimum atomic E-state index is -4.01. The van der Waals surface area contributed by atoms with Crippen molar-refractivity contribution in [3.8, 4) is 23.0 Å². The van der Waals surface area contributed by atoms with E-state index in [1.165, 1.54) is 38.5 Å². The summed E-state index contributed by atoms with van der Waals surface area (Å²) in [7, 11) is 2.93. The molecule has 1 aliphatic heterocycles. The molecule has 4 atom stereocenters. The number of hydrogen-bond donors (Lipinski definition) is 3. The molecular weight excluding hydrogens is 618 g/mol. The number of imidazole rings is 1. The number of ether oxygens (including phenoxy) is 3. The van der Waals surface area contributed by atoms with E-state index in [9.17, 15) is 18.7 Å². The van der Waals surface area contributed by atoms with E-state index in [1.54, 1.807) is 24.3 Å². The van der Waals surface area contributed by atoms with Crippen LogP contribution in [0.1, 0.15) is 6.23 Å². The molecule has 230 valence electrons. The third kappa shape index (κ3) is 5.99. The molecule has 0 bridgehead atoms. The van der Waals surface area contributed by atoms with Crippen molar-refractivity contribution in [2.24, 2.45) is 0 Å². The summed E-state index contributed by atoms with van der Waals surface area (Å²) in [5, 5.41) is 10.8. The molecular formula is C25H25F3N5O8PS. The van der Waals surface area contributed by atoms with Crippen molar-refractivity contribution in [2.75, 3.05) is 26.6 Å². The van der Waals surface area contributed by atoms with Gasteiger partial charge in [0, 0.05) is 11.8 Å². The van der Waals surface area contributed by atoms with Crippen LogP contribution in [0.5, 0.6) is 23.0 Å². The molecule has 2 aromatic heterocycles. The van der Waals surface area contributed by atoms with E-state index in [-0.39, 0.29) is 28.6 Å². The molecule has 2 aromatic carbocycles.